The van der Waals surface area contributed by atoms with Gasteiger partial charge in [-0.25, -0.2) is 9.97 Å². The highest BCUT2D eigenvalue weighted by Gasteiger charge is 2.18. The molecule has 1 aliphatic heterocycles. The van der Waals surface area contributed by atoms with Gasteiger partial charge in [-0.15, -0.1) is 11.3 Å². The van der Waals surface area contributed by atoms with Gasteiger partial charge in [0.15, 0.2) is 0 Å². The normalized spacial score (nSPS) is 13.8. The van der Waals surface area contributed by atoms with Crippen LogP contribution in [-0.4, -0.2) is 29.0 Å². The lowest BCUT2D eigenvalue weighted by Crippen LogP contribution is -2.22. The van der Waals surface area contributed by atoms with Gasteiger partial charge in [0.2, 0.25) is 5.95 Å². The van der Waals surface area contributed by atoms with Crippen molar-refractivity contribution in [3.63, 3.8) is 0 Å². The van der Waals surface area contributed by atoms with Crippen LogP contribution in [0.1, 0.15) is 34.6 Å². The minimum Gasteiger partial charge on any atom is -0.341 e. The number of aryl methyl sites for hydroxylation is 2. The first kappa shape index (κ1) is 17.7. The third-order valence-electron chi connectivity index (χ3n) is 4.84. The van der Waals surface area contributed by atoms with E-state index in [0.717, 1.165) is 36.0 Å². The maximum atomic E-state index is 12.7. The zero-order chi connectivity index (χ0) is 18.8. The summed E-state index contributed by atoms with van der Waals surface area (Å²) in [7, 11) is 0. The quantitative estimate of drug-likeness (QED) is 0.716. The Morgan fingerprint density at radius 3 is 2.30 bits per heavy atom. The average Bonchev–Trinajstić information content (AvgIpc) is 3.38. The number of carbonyl (C=O) groups is 1. The van der Waals surface area contributed by atoms with E-state index in [4.69, 9.17) is 0 Å². The molecule has 0 bridgehead atoms. The molecule has 6 heteroatoms. The van der Waals surface area contributed by atoms with Gasteiger partial charge in [-0.05, 0) is 55.8 Å². The molecule has 3 aromatic rings. The highest BCUT2D eigenvalue weighted by molar-refractivity contribution is 7.13. The van der Waals surface area contributed by atoms with Crippen LogP contribution in [0, 0.1) is 13.8 Å². The molecule has 138 valence electrons. The summed E-state index contributed by atoms with van der Waals surface area (Å²) < 4.78 is 0. The third-order valence-corrected chi connectivity index (χ3v) is 5.76. The number of anilines is 2. The zero-order valence-electron chi connectivity index (χ0n) is 15.5. The van der Waals surface area contributed by atoms with Gasteiger partial charge in [0.25, 0.3) is 5.91 Å². The first-order valence-electron chi connectivity index (χ1n) is 9.17. The number of amides is 1. The van der Waals surface area contributed by atoms with E-state index in [0.29, 0.717) is 11.3 Å². The Bertz CT molecular complexity index is 922. The Morgan fingerprint density at radius 2 is 1.70 bits per heavy atom. The lowest BCUT2D eigenvalue weighted by Gasteiger charge is -2.18. The van der Waals surface area contributed by atoms with Gasteiger partial charge >= 0.3 is 0 Å². The Balaban J connectivity index is 1.52. The summed E-state index contributed by atoms with van der Waals surface area (Å²) in [5.41, 5.74) is 4.04. The van der Waals surface area contributed by atoms with Gasteiger partial charge < -0.3 is 10.2 Å². The minimum atomic E-state index is -0.142. The first-order valence-corrected chi connectivity index (χ1v) is 10.1. The molecule has 5 nitrogen and oxygen atoms in total. The summed E-state index contributed by atoms with van der Waals surface area (Å²) >= 11 is 1.69. The number of benzene rings is 1. The van der Waals surface area contributed by atoms with Crippen LogP contribution < -0.4 is 10.2 Å². The van der Waals surface area contributed by atoms with Gasteiger partial charge in [0.05, 0.1) is 17.1 Å². The standard InChI is InChI=1S/C21H22N4OS/c1-14-19(15(2)23-21(22-14)25-11-3-4-12-25)24-20(26)17-9-7-16(8-10-17)18-6-5-13-27-18/h5-10,13H,3-4,11-12H2,1-2H3,(H,24,26). The van der Waals surface area contributed by atoms with E-state index >= 15 is 0 Å². The van der Waals surface area contributed by atoms with Crippen LogP contribution in [0.25, 0.3) is 10.4 Å². The van der Waals surface area contributed by atoms with E-state index in [1.54, 1.807) is 11.3 Å². The molecule has 27 heavy (non-hydrogen) atoms. The Hall–Kier alpha value is -2.73. The molecule has 0 radical (unpaired) electrons. The van der Waals surface area contributed by atoms with E-state index in [2.05, 4.69) is 26.3 Å². The monoisotopic (exact) mass is 378 g/mol. The molecule has 1 aromatic carbocycles. The number of thiophene rings is 1. The fourth-order valence-electron chi connectivity index (χ4n) is 3.35. The van der Waals surface area contributed by atoms with Gasteiger partial charge in [-0.1, -0.05) is 18.2 Å². The molecule has 0 saturated carbocycles. The molecule has 1 N–H and O–H groups in total. The number of aromatic nitrogens is 2. The predicted octanol–water partition coefficient (Wildman–Crippen LogP) is 4.67. The molecule has 3 heterocycles. The molecule has 1 aliphatic rings. The third kappa shape index (κ3) is 3.71. The van der Waals surface area contributed by atoms with Crippen LogP contribution in [-0.2, 0) is 0 Å². The zero-order valence-corrected chi connectivity index (χ0v) is 16.3. The summed E-state index contributed by atoms with van der Waals surface area (Å²) in [5.74, 6) is 0.622. The lowest BCUT2D eigenvalue weighted by molar-refractivity contribution is 0.102. The number of hydrogen-bond acceptors (Lipinski definition) is 5. The van der Waals surface area contributed by atoms with Crippen LogP contribution in [0.3, 0.4) is 0 Å². The molecule has 0 spiro atoms. The van der Waals surface area contributed by atoms with E-state index in [1.807, 2.05) is 49.6 Å². The summed E-state index contributed by atoms with van der Waals surface area (Å²) in [5, 5.41) is 5.04. The molecule has 1 fully saturated rings. The minimum absolute atomic E-state index is 0.142. The van der Waals surface area contributed by atoms with Crippen LogP contribution >= 0.6 is 11.3 Å². The van der Waals surface area contributed by atoms with Crippen molar-refractivity contribution < 1.29 is 4.79 Å². The van der Waals surface area contributed by atoms with Crippen molar-refractivity contribution in [3.8, 4) is 10.4 Å². The van der Waals surface area contributed by atoms with Gasteiger partial charge in [-0.2, -0.15) is 0 Å². The number of hydrogen-bond donors (Lipinski definition) is 1. The number of rotatable bonds is 4. The van der Waals surface area contributed by atoms with Crippen molar-refractivity contribution in [1.82, 2.24) is 9.97 Å². The van der Waals surface area contributed by atoms with E-state index in [9.17, 15) is 4.79 Å². The molecule has 0 aliphatic carbocycles. The number of nitrogens with one attached hydrogen (secondary N) is 1. The SMILES string of the molecule is Cc1nc(N2CCCC2)nc(C)c1NC(=O)c1ccc(-c2cccs2)cc1. The Labute approximate surface area is 163 Å². The lowest BCUT2D eigenvalue weighted by atomic mass is 10.1. The van der Waals surface area contributed by atoms with Crippen LogP contribution in [0.5, 0.6) is 0 Å². The highest BCUT2D eigenvalue weighted by atomic mass is 32.1. The smallest absolute Gasteiger partial charge is 0.255 e. The molecule has 0 atom stereocenters. The van der Waals surface area contributed by atoms with Crippen molar-refractivity contribution in [2.45, 2.75) is 26.7 Å². The first-order chi connectivity index (χ1) is 13.1. The number of nitrogens with zero attached hydrogens (tertiary/aromatic N) is 3. The second kappa shape index (κ2) is 7.48. The van der Waals surface area contributed by atoms with E-state index in [1.165, 1.54) is 17.7 Å². The second-order valence-corrected chi connectivity index (χ2v) is 7.72. The van der Waals surface area contributed by atoms with Gasteiger partial charge in [-0.3, -0.25) is 4.79 Å². The molecule has 2 aromatic heterocycles. The van der Waals surface area contributed by atoms with Crippen molar-refractivity contribution in [1.29, 1.82) is 0 Å². The molecule has 1 saturated heterocycles. The summed E-state index contributed by atoms with van der Waals surface area (Å²) in [6.45, 7) is 5.84. The maximum absolute atomic E-state index is 12.7. The van der Waals surface area contributed by atoms with Crippen LogP contribution in [0.2, 0.25) is 0 Å². The van der Waals surface area contributed by atoms with Gasteiger partial charge in [0, 0.05) is 23.5 Å². The molecule has 1 amide bonds. The maximum Gasteiger partial charge on any atom is 0.255 e. The molecular weight excluding hydrogens is 356 g/mol. The average molecular weight is 379 g/mol. The number of carbonyl (C=O) groups excluding carboxylic acids is 1. The molecule has 0 unspecified atom stereocenters. The van der Waals surface area contributed by atoms with Crippen molar-refractivity contribution >= 4 is 28.9 Å². The van der Waals surface area contributed by atoms with E-state index < -0.39 is 0 Å². The van der Waals surface area contributed by atoms with Gasteiger partial charge in [0.1, 0.15) is 0 Å². The Morgan fingerprint density at radius 1 is 1.04 bits per heavy atom. The fraction of sp³-hybridized carbons (Fsp3) is 0.286. The largest absolute Gasteiger partial charge is 0.341 e. The summed E-state index contributed by atoms with van der Waals surface area (Å²) in [6.07, 6.45) is 2.36. The topological polar surface area (TPSA) is 58.1 Å². The van der Waals surface area contributed by atoms with Crippen molar-refractivity contribution in [2.24, 2.45) is 0 Å². The molecular formula is C21H22N4OS. The van der Waals surface area contributed by atoms with E-state index in [-0.39, 0.29) is 5.91 Å². The van der Waals surface area contributed by atoms with Crippen molar-refractivity contribution in [3.05, 3.63) is 58.7 Å². The summed E-state index contributed by atoms with van der Waals surface area (Å²) in [4.78, 5) is 25.3. The fourth-order valence-corrected chi connectivity index (χ4v) is 4.09. The predicted molar refractivity (Wildman–Crippen MR) is 111 cm³/mol. The van der Waals surface area contributed by atoms with Crippen LogP contribution in [0.4, 0.5) is 11.6 Å². The van der Waals surface area contributed by atoms with Crippen molar-refractivity contribution in [2.75, 3.05) is 23.3 Å². The second-order valence-electron chi connectivity index (χ2n) is 6.77. The summed E-state index contributed by atoms with van der Waals surface area (Å²) in [6, 6.07) is 11.8. The Kier molecular flexibility index (Phi) is 4.90. The molecule has 4 rings (SSSR count). The highest BCUT2D eigenvalue weighted by Crippen LogP contribution is 2.26. The van der Waals surface area contributed by atoms with Crippen LogP contribution in [0.15, 0.2) is 41.8 Å².